The number of carboxylic acid groups (broad SMARTS) is 1. The molecule has 1 heterocycles. The first-order valence-corrected chi connectivity index (χ1v) is 8.19. The number of carbonyl (C=O) groups is 1. The second-order valence-corrected chi connectivity index (χ2v) is 7.03. The van der Waals surface area contributed by atoms with Crippen LogP contribution in [0.1, 0.15) is 12.8 Å². The van der Waals surface area contributed by atoms with Gasteiger partial charge in [-0.05, 0) is 25.0 Å². The lowest BCUT2D eigenvalue weighted by molar-refractivity contribution is -0.384. The van der Waals surface area contributed by atoms with Crippen molar-refractivity contribution in [2.45, 2.75) is 17.7 Å². The van der Waals surface area contributed by atoms with Crippen molar-refractivity contribution in [2.24, 2.45) is 11.8 Å². The minimum absolute atomic E-state index is 0.00136. The van der Waals surface area contributed by atoms with Crippen molar-refractivity contribution in [1.29, 1.82) is 0 Å². The van der Waals surface area contributed by atoms with E-state index in [1.54, 1.807) is 0 Å². The topological polar surface area (TPSA) is 156 Å². The summed E-state index contributed by atoms with van der Waals surface area (Å²) in [4.78, 5) is 20.9. The molecule has 4 N–H and O–H groups in total. The molecule has 0 amide bonds. The highest BCUT2D eigenvalue weighted by molar-refractivity contribution is 7.89. The lowest BCUT2D eigenvalue weighted by Gasteiger charge is -2.29. The van der Waals surface area contributed by atoms with Gasteiger partial charge in [-0.3, -0.25) is 20.8 Å². The van der Waals surface area contributed by atoms with Gasteiger partial charge in [-0.25, -0.2) is 8.42 Å². The van der Waals surface area contributed by atoms with Crippen LogP contribution in [0.5, 0.6) is 0 Å². The number of nitrogens with zero attached hydrogens (tertiary/aromatic N) is 2. The molecule has 0 bridgehead atoms. The third-order valence-corrected chi connectivity index (χ3v) is 5.66. The predicted octanol–water partition coefficient (Wildman–Crippen LogP) is 0.366. The fourth-order valence-corrected chi connectivity index (χ4v) is 3.93. The third-order valence-electron chi connectivity index (χ3n) is 3.76. The van der Waals surface area contributed by atoms with Crippen LogP contribution in [0, 0.1) is 16.0 Å². The van der Waals surface area contributed by atoms with Crippen LogP contribution in [0.4, 0.5) is 11.4 Å². The van der Waals surface area contributed by atoms with E-state index in [0.29, 0.717) is 0 Å². The van der Waals surface area contributed by atoms with Gasteiger partial charge in [0.25, 0.3) is 5.69 Å². The molecule has 0 spiro atoms. The Labute approximate surface area is 132 Å². The molecule has 0 aromatic heterocycles. The molecule has 0 radical (unpaired) electrons. The molecular formula is C12H16N4O6S. The molecule has 1 aliphatic heterocycles. The average molecular weight is 344 g/mol. The number of hydrazine groups is 1. The minimum Gasteiger partial charge on any atom is -0.481 e. The van der Waals surface area contributed by atoms with E-state index in [0.717, 1.165) is 10.4 Å². The zero-order valence-corrected chi connectivity index (χ0v) is 12.8. The number of carboxylic acids is 1. The smallest absolute Gasteiger partial charge is 0.306 e. The number of anilines is 1. The van der Waals surface area contributed by atoms with Gasteiger partial charge in [-0.15, -0.1) is 0 Å². The summed E-state index contributed by atoms with van der Waals surface area (Å²) in [5.41, 5.74) is 1.69. The molecule has 10 nitrogen and oxygen atoms in total. The number of rotatable bonds is 5. The van der Waals surface area contributed by atoms with E-state index in [-0.39, 0.29) is 36.5 Å². The maximum Gasteiger partial charge on any atom is 0.306 e. The summed E-state index contributed by atoms with van der Waals surface area (Å²) < 4.78 is 26.2. The zero-order valence-electron chi connectivity index (χ0n) is 12.0. The number of nitrogens with one attached hydrogen (secondary N) is 1. The molecule has 0 saturated carbocycles. The summed E-state index contributed by atoms with van der Waals surface area (Å²) in [6.45, 7) is 0.119. The summed E-state index contributed by atoms with van der Waals surface area (Å²) in [6.07, 6.45) is 0.415. The van der Waals surface area contributed by atoms with E-state index in [2.05, 4.69) is 5.43 Å². The Morgan fingerprint density at radius 3 is 2.48 bits per heavy atom. The van der Waals surface area contributed by atoms with Gasteiger partial charge in [0.1, 0.15) is 5.69 Å². The van der Waals surface area contributed by atoms with Gasteiger partial charge in [0.05, 0.1) is 15.7 Å². The first-order valence-electron chi connectivity index (χ1n) is 6.75. The van der Waals surface area contributed by atoms with Crippen LogP contribution in [-0.2, 0) is 14.8 Å². The number of nitro groups is 1. The third kappa shape index (κ3) is 3.41. The molecule has 23 heavy (non-hydrogen) atoms. The standard InChI is InChI=1S/C12H16N4O6S/c13-14-10-2-1-9(7-11(10)16(19)20)23(21,22)15-5-3-8(4-6-15)12(17)18/h1-2,7-8,14H,3-6,13H2,(H,17,18). The summed E-state index contributed by atoms with van der Waals surface area (Å²) in [5, 5.41) is 19.9. The Kier molecular flexibility index (Phi) is 4.82. The van der Waals surface area contributed by atoms with Gasteiger partial charge < -0.3 is 10.5 Å². The highest BCUT2D eigenvalue weighted by Gasteiger charge is 2.33. The first kappa shape index (κ1) is 17.1. The van der Waals surface area contributed by atoms with E-state index < -0.39 is 32.5 Å². The van der Waals surface area contributed by atoms with E-state index >= 15 is 0 Å². The molecule has 1 aliphatic rings. The quantitative estimate of drug-likeness (QED) is 0.393. The largest absolute Gasteiger partial charge is 0.481 e. The van der Waals surface area contributed by atoms with Crippen molar-refractivity contribution in [3.05, 3.63) is 28.3 Å². The number of hydrogen-bond acceptors (Lipinski definition) is 7. The minimum atomic E-state index is -3.92. The zero-order chi connectivity index (χ0) is 17.2. The Hall–Kier alpha value is -2.24. The number of hydrogen-bond donors (Lipinski definition) is 3. The van der Waals surface area contributed by atoms with Gasteiger partial charge in [-0.1, -0.05) is 0 Å². The molecule has 126 valence electrons. The highest BCUT2D eigenvalue weighted by atomic mass is 32.2. The number of nitrogens with two attached hydrogens (primary N) is 1. The lowest BCUT2D eigenvalue weighted by Crippen LogP contribution is -2.40. The van der Waals surface area contributed by atoms with Gasteiger partial charge in [-0.2, -0.15) is 4.31 Å². The summed E-state index contributed by atoms with van der Waals surface area (Å²) >= 11 is 0. The van der Waals surface area contributed by atoms with Gasteiger partial charge >= 0.3 is 5.97 Å². The van der Waals surface area contributed by atoms with Crippen LogP contribution in [0.25, 0.3) is 0 Å². The molecule has 1 fully saturated rings. The maximum atomic E-state index is 12.5. The van der Waals surface area contributed by atoms with Crippen LogP contribution >= 0.6 is 0 Å². The molecule has 2 rings (SSSR count). The molecule has 0 unspecified atom stereocenters. The van der Waals surface area contributed by atoms with Crippen molar-refractivity contribution in [3.8, 4) is 0 Å². The van der Waals surface area contributed by atoms with Gasteiger partial charge in [0, 0.05) is 19.2 Å². The van der Waals surface area contributed by atoms with Crippen molar-refractivity contribution >= 4 is 27.4 Å². The second-order valence-electron chi connectivity index (χ2n) is 5.10. The maximum absolute atomic E-state index is 12.5. The summed E-state index contributed by atoms with van der Waals surface area (Å²) in [7, 11) is -3.92. The normalized spacial score (nSPS) is 16.9. The van der Waals surface area contributed by atoms with Crippen molar-refractivity contribution in [2.75, 3.05) is 18.5 Å². The highest BCUT2D eigenvalue weighted by Crippen LogP contribution is 2.30. The Balaban J connectivity index is 2.29. The molecule has 1 aromatic carbocycles. The number of nitrogen functional groups attached to an aromatic ring is 1. The number of piperidine rings is 1. The van der Waals surface area contributed by atoms with E-state index in [1.807, 2.05) is 0 Å². The number of benzene rings is 1. The van der Waals surface area contributed by atoms with Crippen LogP contribution in [0.15, 0.2) is 23.1 Å². The number of sulfonamides is 1. The van der Waals surface area contributed by atoms with Crippen molar-refractivity contribution < 1.29 is 23.2 Å². The second kappa shape index (κ2) is 6.48. The Bertz CT molecular complexity index is 727. The molecule has 11 heteroatoms. The van der Waals surface area contributed by atoms with E-state index in [1.165, 1.54) is 12.1 Å². The predicted molar refractivity (Wildman–Crippen MR) is 80.0 cm³/mol. The SMILES string of the molecule is NNc1ccc(S(=O)(=O)N2CCC(C(=O)O)CC2)cc1[N+](=O)[O-]. The Morgan fingerprint density at radius 2 is 2.00 bits per heavy atom. The molecule has 1 saturated heterocycles. The average Bonchev–Trinajstić information content (AvgIpc) is 2.54. The van der Waals surface area contributed by atoms with Crippen LogP contribution < -0.4 is 11.3 Å². The van der Waals surface area contributed by atoms with Gasteiger partial charge in [0.15, 0.2) is 0 Å². The molecule has 0 aliphatic carbocycles. The molecular weight excluding hydrogens is 328 g/mol. The number of aliphatic carboxylic acids is 1. The van der Waals surface area contributed by atoms with Gasteiger partial charge in [0.2, 0.25) is 10.0 Å². The molecule has 1 aromatic rings. The van der Waals surface area contributed by atoms with Crippen LogP contribution in [0.3, 0.4) is 0 Å². The summed E-state index contributed by atoms with van der Waals surface area (Å²) in [6, 6.07) is 3.38. The lowest BCUT2D eigenvalue weighted by atomic mass is 9.99. The van der Waals surface area contributed by atoms with Crippen molar-refractivity contribution in [3.63, 3.8) is 0 Å². The summed E-state index contributed by atoms with van der Waals surface area (Å²) in [5.74, 6) is 3.65. The fourth-order valence-electron chi connectivity index (χ4n) is 2.44. The van der Waals surface area contributed by atoms with Crippen molar-refractivity contribution in [1.82, 2.24) is 4.31 Å². The van der Waals surface area contributed by atoms with Crippen LogP contribution in [0.2, 0.25) is 0 Å². The van der Waals surface area contributed by atoms with Crippen LogP contribution in [-0.4, -0.2) is 41.8 Å². The van der Waals surface area contributed by atoms with E-state index in [4.69, 9.17) is 10.9 Å². The fraction of sp³-hybridized carbons (Fsp3) is 0.417. The number of nitro benzene ring substituents is 1. The van der Waals surface area contributed by atoms with E-state index in [9.17, 15) is 23.3 Å². The Morgan fingerprint density at radius 1 is 1.39 bits per heavy atom. The monoisotopic (exact) mass is 344 g/mol. The first-order chi connectivity index (χ1) is 10.8. The molecule has 0 atom stereocenters.